The van der Waals surface area contributed by atoms with E-state index in [0.717, 1.165) is 25.5 Å². The molecular weight excluding hydrogens is 273 g/mol. The number of benzene rings is 1. The first-order chi connectivity index (χ1) is 10.2. The molecule has 4 nitrogen and oxygen atoms in total. The highest BCUT2D eigenvalue weighted by Gasteiger charge is 2.13. The summed E-state index contributed by atoms with van der Waals surface area (Å²) in [5.41, 5.74) is 0.957. The maximum atomic E-state index is 12.8. The zero-order valence-corrected chi connectivity index (χ0v) is 11.5. The van der Waals surface area contributed by atoms with Crippen LogP contribution in [0.15, 0.2) is 34.9 Å². The smallest absolute Gasteiger partial charge is 0.184 e. The summed E-state index contributed by atoms with van der Waals surface area (Å²) in [5, 5.41) is 3.76. The van der Waals surface area contributed by atoms with Gasteiger partial charge in [0, 0.05) is 24.5 Å². The number of aromatic nitrogens is 1. The SMILES string of the molecule is O=CCCCCCC(=O)c1cc(-c2ccc(F)cc2)on1. The molecule has 1 aromatic heterocycles. The second kappa shape index (κ2) is 7.47. The Bertz CT molecular complexity index is 604. The maximum Gasteiger partial charge on any atom is 0.184 e. The molecule has 0 aliphatic carbocycles. The highest BCUT2D eigenvalue weighted by atomic mass is 19.1. The molecule has 2 aromatic rings. The van der Waals surface area contributed by atoms with Gasteiger partial charge >= 0.3 is 0 Å². The summed E-state index contributed by atoms with van der Waals surface area (Å²) in [6.07, 6.45) is 4.17. The summed E-state index contributed by atoms with van der Waals surface area (Å²) in [6, 6.07) is 7.37. The van der Waals surface area contributed by atoms with Gasteiger partial charge in [-0.3, -0.25) is 4.79 Å². The third kappa shape index (κ3) is 4.34. The minimum Gasteiger partial charge on any atom is -0.356 e. The number of aldehydes is 1. The van der Waals surface area contributed by atoms with E-state index < -0.39 is 0 Å². The monoisotopic (exact) mass is 289 g/mol. The molecule has 1 heterocycles. The van der Waals surface area contributed by atoms with Crippen LogP contribution in [-0.2, 0) is 4.79 Å². The zero-order valence-electron chi connectivity index (χ0n) is 11.5. The van der Waals surface area contributed by atoms with Crippen molar-refractivity contribution in [2.75, 3.05) is 0 Å². The van der Waals surface area contributed by atoms with Gasteiger partial charge in [-0.2, -0.15) is 0 Å². The lowest BCUT2D eigenvalue weighted by Crippen LogP contribution is -1.98. The van der Waals surface area contributed by atoms with Gasteiger partial charge in [-0.25, -0.2) is 4.39 Å². The normalized spacial score (nSPS) is 10.5. The minimum atomic E-state index is -0.329. The van der Waals surface area contributed by atoms with Crippen LogP contribution in [0.2, 0.25) is 0 Å². The van der Waals surface area contributed by atoms with Gasteiger partial charge in [0.25, 0.3) is 0 Å². The Morgan fingerprint density at radius 2 is 1.95 bits per heavy atom. The number of carbonyl (C=O) groups excluding carboxylic acids is 2. The summed E-state index contributed by atoms with van der Waals surface area (Å²) in [7, 11) is 0. The van der Waals surface area contributed by atoms with E-state index in [1.165, 1.54) is 12.1 Å². The average molecular weight is 289 g/mol. The minimum absolute atomic E-state index is 0.0850. The Labute approximate surface area is 121 Å². The average Bonchev–Trinajstić information content (AvgIpc) is 2.97. The predicted molar refractivity (Wildman–Crippen MR) is 75.4 cm³/mol. The Kier molecular flexibility index (Phi) is 5.37. The van der Waals surface area contributed by atoms with Crippen LogP contribution < -0.4 is 0 Å². The number of rotatable bonds is 8. The van der Waals surface area contributed by atoms with Crippen LogP contribution in [0.1, 0.15) is 42.6 Å². The number of hydrogen-bond donors (Lipinski definition) is 0. The lowest BCUT2D eigenvalue weighted by Gasteiger charge is -1.96. The summed E-state index contributed by atoms with van der Waals surface area (Å²) < 4.78 is 18.0. The van der Waals surface area contributed by atoms with Gasteiger partial charge in [-0.1, -0.05) is 11.6 Å². The van der Waals surface area contributed by atoms with Crippen LogP contribution >= 0.6 is 0 Å². The molecule has 0 fully saturated rings. The topological polar surface area (TPSA) is 60.2 Å². The summed E-state index contributed by atoms with van der Waals surface area (Å²) in [6.45, 7) is 0. The van der Waals surface area contributed by atoms with Crippen molar-refractivity contribution >= 4 is 12.1 Å². The van der Waals surface area contributed by atoms with Crippen molar-refractivity contribution in [2.24, 2.45) is 0 Å². The molecule has 5 heteroatoms. The lowest BCUT2D eigenvalue weighted by atomic mass is 10.1. The van der Waals surface area contributed by atoms with Crippen molar-refractivity contribution in [1.82, 2.24) is 5.16 Å². The Balaban J connectivity index is 1.91. The second-order valence-electron chi connectivity index (χ2n) is 4.77. The van der Waals surface area contributed by atoms with Crippen molar-refractivity contribution in [3.63, 3.8) is 0 Å². The van der Waals surface area contributed by atoms with E-state index in [1.807, 2.05) is 0 Å². The van der Waals surface area contributed by atoms with Gasteiger partial charge in [0.15, 0.2) is 11.5 Å². The van der Waals surface area contributed by atoms with Crippen molar-refractivity contribution in [1.29, 1.82) is 0 Å². The molecule has 0 spiro atoms. The fourth-order valence-electron chi connectivity index (χ4n) is 1.97. The van der Waals surface area contributed by atoms with Gasteiger partial charge in [0.2, 0.25) is 0 Å². The molecule has 0 amide bonds. The number of unbranched alkanes of at least 4 members (excludes halogenated alkanes) is 3. The molecule has 1 aromatic carbocycles. The molecule has 0 saturated carbocycles. The van der Waals surface area contributed by atoms with Gasteiger partial charge in [0.05, 0.1) is 0 Å². The van der Waals surface area contributed by atoms with Crippen LogP contribution in [0, 0.1) is 5.82 Å². The molecule has 0 bridgehead atoms. The fourth-order valence-corrected chi connectivity index (χ4v) is 1.97. The number of halogens is 1. The number of hydrogen-bond acceptors (Lipinski definition) is 4. The van der Waals surface area contributed by atoms with Gasteiger partial charge < -0.3 is 9.32 Å². The summed E-state index contributed by atoms with van der Waals surface area (Å²) >= 11 is 0. The third-order valence-corrected chi connectivity index (χ3v) is 3.15. The maximum absolute atomic E-state index is 12.8. The Morgan fingerprint density at radius 3 is 2.67 bits per heavy atom. The second-order valence-corrected chi connectivity index (χ2v) is 4.77. The van der Waals surface area contributed by atoms with Gasteiger partial charge in [0.1, 0.15) is 17.8 Å². The van der Waals surface area contributed by atoms with Crippen molar-refractivity contribution in [3.05, 3.63) is 41.8 Å². The largest absolute Gasteiger partial charge is 0.356 e. The number of Topliss-reactive ketones (excluding diaryl/α,β-unsaturated/α-hetero) is 1. The van der Waals surface area contributed by atoms with Crippen LogP contribution in [0.5, 0.6) is 0 Å². The van der Waals surface area contributed by atoms with E-state index in [4.69, 9.17) is 4.52 Å². The van der Waals surface area contributed by atoms with Crippen LogP contribution in [0.3, 0.4) is 0 Å². The zero-order chi connectivity index (χ0) is 15.1. The molecule has 0 aliphatic heterocycles. The highest BCUT2D eigenvalue weighted by molar-refractivity contribution is 5.94. The van der Waals surface area contributed by atoms with Crippen molar-refractivity contribution in [3.8, 4) is 11.3 Å². The molecule has 0 saturated heterocycles. The first-order valence-corrected chi connectivity index (χ1v) is 6.90. The molecule has 21 heavy (non-hydrogen) atoms. The van der Waals surface area contributed by atoms with E-state index in [1.54, 1.807) is 18.2 Å². The van der Waals surface area contributed by atoms with E-state index >= 15 is 0 Å². The van der Waals surface area contributed by atoms with Crippen molar-refractivity contribution in [2.45, 2.75) is 32.1 Å². The molecule has 0 radical (unpaired) electrons. The number of ketones is 1. The molecular formula is C16H16FNO3. The fraction of sp³-hybridized carbons (Fsp3) is 0.312. The van der Waals surface area contributed by atoms with Crippen LogP contribution in [0.25, 0.3) is 11.3 Å². The standard InChI is InChI=1S/C16H16FNO3/c17-13-8-6-12(7-9-13)16-11-14(18-21-16)15(20)5-3-1-2-4-10-19/h6-11H,1-5H2. The summed E-state index contributed by atoms with van der Waals surface area (Å²) in [5.74, 6) is 0.0300. The Morgan fingerprint density at radius 1 is 1.19 bits per heavy atom. The summed E-state index contributed by atoms with van der Waals surface area (Å²) in [4.78, 5) is 22.1. The molecule has 0 N–H and O–H groups in total. The van der Waals surface area contributed by atoms with E-state index in [2.05, 4.69) is 5.16 Å². The van der Waals surface area contributed by atoms with E-state index in [-0.39, 0.29) is 17.3 Å². The van der Waals surface area contributed by atoms with Crippen molar-refractivity contribution < 1.29 is 18.5 Å². The van der Waals surface area contributed by atoms with Gasteiger partial charge in [-0.05, 0) is 37.1 Å². The molecule has 2 rings (SSSR count). The molecule has 0 unspecified atom stereocenters. The lowest BCUT2D eigenvalue weighted by molar-refractivity contribution is -0.107. The highest BCUT2D eigenvalue weighted by Crippen LogP contribution is 2.21. The third-order valence-electron chi connectivity index (χ3n) is 3.15. The first kappa shape index (κ1) is 15.1. The van der Waals surface area contributed by atoms with Gasteiger partial charge in [-0.15, -0.1) is 0 Å². The van der Waals surface area contributed by atoms with Crippen LogP contribution in [-0.4, -0.2) is 17.2 Å². The van der Waals surface area contributed by atoms with E-state index in [0.29, 0.717) is 24.2 Å². The quantitative estimate of drug-likeness (QED) is 0.421. The number of nitrogens with zero attached hydrogens (tertiary/aromatic N) is 1. The Hall–Kier alpha value is -2.30. The first-order valence-electron chi connectivity index (χ1n) is 6.90. The molecule has 0 aliphatic rings. The van der Waals surface area contributed by atoms with E-state index in [9.17, 15) is 14.0 Å². The molecule has 0 atom stereocenters. The predicted octanol–water partition coefficient (Wildman–Crippen LogP) is 3.81. The number of carbonyl (C=O) groups is 2. The van der Waals surface area contributed by atoms with Crippen LogP contribution in [0.4, 0.5) is 4.39 Å². The molecule has 110 valence electrons.